The van der Waals surface area contributed by atoms with Crippen molar-refractivity contribution in [3.63, 3.8) is 0 Å². The summed E-state index contributed by atoms with van der Waals surface area (Å²) in [7, 11) is 1.73. The van der Waals surface area contributed by atoms with Crippen LogP contribution in [-0.2, 0) is 9.53 Å². The molecule has 1 fully saturated rings. The Morgan fingerprint density at radius 1 is 1.50 bits per heavy atom. The number of hydrogen-bond acceptors (Lipinski definition) is 4. The van der Waals surface area contributed by atoms with E-state index in [-0.39, 0.29) is 5.91 Å². The van der Waals surface area contributed by atoms with E-state index in [1.807, 2.05) is 0 Å². The average molecular weight is 298 g/mol. The number of nitrogens with zero attached hydrogens (tertiary/aromatic N) is 1. The van der Waals surface area contributed by atoms with Crippen molar-refractivity contribution >= 4 is 28.9 Å². The van der Waals surface area contributed by atoms with E-state index >= 15 is 0 Å². The van der Waals surface area contributed by atoms with Crippen molar-refractivity contribution < 1.29 is 9.53 Å². The minimum atomic E-state index is -0.0742. The predicted molar refractivity (Wildman–Crippen MR) is 81.0 cm³/mol. The number of rotatable bonds is 4. The summed E-state index contributed by atoms with van der Waals surface area (Å²) in [6.07, 6.45) is 2.24. The van der Waals surface area contributed by atoms with E-state index in [4.69, 9.17) is 22.1 Å². The Bertz CT molecular complexity index is 473. The molecular weight excluding hydrogens is 278 g/mol. The van der Waals surface area contributed by atoms with Gasteiger partial charge < -0.3 is 15.8 Å². The first-order valence-electron chi connectivity index (χ1n) is 6.68. The number of benzene rings is 1. The summed E-state index contributed by atoms with van der Waals surface area (Å²) in [6, 6.07) is 5.04. The Morgan fingerprint density at radius 2 is 2.20 bits per heavy atom. The number of nitrogens with one attached hydrogen (secondary N) is 1. The molecule has 110 valence electrons. The van der Waals surface area contributed by atoms with Gasteiger partial charge in [-0.05, 0) is 31.0 Å². The minimum Gasteiger partial charge on any atom is -0.397 e. The monoisotopic (exact) mass is 297 g/mol. The van der Waals surface area contributed by atoms with E-state index in [1.165, 1.54) is 0 Å². The number of nitrogen functional groups attached to an aromatic ring is 1. The van der Waals surface area contributed by atoms with Crippen molar-refractivity contribution in [2.45, 2.75) is 18.9 Å². The van der Waals surface area contributed by atoms with Gasteiger partial charge in [0.25, 0.3) is 0 Å². The maximum absolute atomic E-state index is 12.0. The van der Waals surface area contributed by atoms with Crippen molar-refractivity contribution in [1.82, 2.24) is 4.90 Å². The van der Waals surface area contributed by atoms with Gasteiger partial charge >= 0.3 is 0 Å². The van der Waals surface area contributed by atoms with Crippen molar-refractivity contribution in [3.05, 3.63) is 23.2 Å². The molecule has 0 saturated carbocycles. The van der Waals surface area contributed by atoms with Crippen molar-refractivity contribution in [2.75, 3.05) is 37.8 Å². The lowest BCUT2D eigenvalue weighted by molar-refractivity contribution is -0.117. The third-order valence-electron chi connectivity index (χ3n) is 3.52. The lowest BCUT2D eigenvalue weighted by atomic mass is 10.1. The van der Waals surface area contributed by atoms with E-state index in [0.717, 1.165) is 25.9 Å². The van der Waals surface area contributed by atoms with Gasteiger partial charge in [-0.1, -0.05) is 11.6 Å². The number of likely N-dealkylation sites (tertiary alicyclic amines) is 1. The number of nitrogens with two attached hydrogens (primary N) is 1. The molecule has 0 unspecified atom stereocenters. The molecule has 1 aromatic carbocycles. The molecule has 0 radical (unpaired) electrons. The van der Waals surface area contributed by atoms with E-state index in [1.54, 1.807) is 25.3 Å². The number of piperidine rings is 1. The number of hydrogen-bond donors (Lipinski definition) is 2. The Hall–Kier alpha value is -1.30. The molecule has 5 nitrogen and oxygen atoms in total. The molecule has 1 amide bonds. The summed E-state index contributed by atoms with van der Waals surface area (Å²) in [5.74, 6) is -0.0742. The number of carbonyl (C=O) groups excluding carboxylic acids is 1. The fourth-order valence-corrected chi connectivity index (χ4v) is 2.50. The third-order valence-corrected chi connectivity index (χ3v) is 3.76. The van der Waals surface area contributed by atoms with Crippen LogP contribution in [0.1, 0.15) is 12.8 Å². The molecule has 20 heavy (non-hydrogen) atoms. The first-order chi connectivity index (χ1) is 9.58. The van der Waals surface area contributed by atoms with Crippen LogP contribution in [0.2, 0.25) is 5.02 Å². The molecule has 0 spiro atoms. The number of anilines is 2. The van der Waals surface area contributed by atoms with Crippen LogP contribution in [0.3, 0.4) is 0 Å². The zero-order chi connectivity index (χ0) is 14.5. The number of ether oxygens (including phenoxy) is 1. The fraction of sp³-hybridized carbons (Fsp3) is 0.500. The minimum absolute atomic E-state index is 0.0742. The van der Waals surface area contributed by atoms with Gasteiger partial charge in [-0.2, -0.15) is 0 Å². The van der Waals surface area contributed by atoms with Crippen LogP contribution in [0.5, 0.6) is 0 Å². The molecular formula is C14H20ClN3O2. The summed E-state index contributed by atoms with van der Waals surface area (Å²) >= 11 is 5.89. The highest BCUT2D eigenvalue weighted by Crippen LogP contribution is 2.23. The molecule has 2 rings (SSSR count). The summed E-state index contributed by atoms with van der Waals surface area (Å²) in [4.78, 5) is 14.1. The number of methoxy groups -OCH3 is 1. The molecule has 1 aliphatic rings. The number of carbonyl (C=O) groups is 1. The quantitative estimate of drug-likeness (QED) is 0.834. The smallest absolute Gasteiger partial charge is 0.238 e. The van der Waals surface area contributed by atoms with Crippen molar-refractivity contribution in [3.8, 4) is 0 Å². The SMILES string of the molecule is COC1CCN(CC(=O)Nc2cc(Cl)ccc2N)CC1. The van der Waals surface area contributed by atoms with Gasteiger partial charge in [-0.3, -0.25) is 9.69 Å². The summed E-state index contributed by atoms with van der Waals surface area (Å²) in [6.45, 7) is 2.11. The van der Waals surface area contributed by atoms with Crippen LogP contribution in [0, 0.1) is 0 Å². The molecule has 0 bridgehead atoms. The lowest BCUT2D eigenvalue weighted by Crippen LogP contribution is -2.41. The second kappa shape index (κ2) is 6.92. The highest BCUT2D eigenvalue weighted by Gasteiger charge is 2.20. The van der Waals surface area contributed by atoms with Crippen molar-refractivity contribution in [1.29, 1.82) is 0 Å². The maximum atomic E-state index is 12.0. The third kappa shape index (κ3) is 4.10. The molecule has 1 saturated heterocycles. The molecule has 1 aromatic rings. The fourth-order valence-electron chi connectivity index (χ4n) is 2.33. The second-order valence-corrected chi connectivity index (χ2v) is 5.43. The zero-order valence-electron chi connectivity index (χ0n) is 11.6. The average Bonchev–Trinajstić information content (AvgIpc) is 2.43. The summed E-state index contributed by atoms with van der Waals surface area (Å²) in [5.41, 5.74) is 6.88. The molecule has 1 heterocycles. The van der Waals surface area contributed by atoms with Gasteiger partial charge in [-0.15, -0.1) is 0 Å². The van der Waals surface area contributed by atoms with Gasteiger partial charge in [0.1, 0.15) is 0 Å². The van der Waals surface area contributed by atoms with Gasteiger partial charge in [-0.25, -0.2) is 0 Å². The second-order valence-electron chi connectivity index (χ2n) is 4.99. The van der Waals surface area contributed by atoms with Crippen LogP contribution < -0.4 is 11.1 Å². The van der Waals surface area contributed by atoms with E-state index in [0.29, 0.717) is 29.0 Å². The largest absolute Gasteiger partial charge is 0.397 e. The predicted octanol–water partition coefficient (Wildman–Crippen LogP) is 1.97. The Kier molecular flexibility index (Phi) is 5.23. The topological polar surface area (TPSA) is 67.6 Å². The molecule has 3 N–H and O–H groups in total. The first-order valence-corrected chi connectivity index (χ1v) is 7.06. The van der Waals surface area contributed by atoms with E-state index < -0.39 is 0 Å². The molecule has 1 aliphatic heterocycles. The van der Waals surface area contributed by atoms with Gasteiger partial charge in [0.05, 0.1) is 24.0 Å². The Labute approximate surface area is 124 Å². The van der Waals surface area contributed by atoms with Crippen LogP contribution >= 0.6 is 11.6 Å². The molecule has 0 aliphatic carbocycles. The molecule has 0 aromatic heterocycles. The summed E-state index contributed by atoms with van der Waals surface area (Å²) in [5, 5.41) is 3.35. The number of amides is 1. The highest BCUT2D eigenvalue weighted by molar-refractivity contribution is 6.31. The van der Waals surface area contributed by atoms with Gasteiger partial charge in [0, 0.05) is 25.2 Å². The maximum Gasteiger partial charge on any atom is 0.238 e. The van der Waals surface area contributed by atoms with Crippen LogP contribution in [0.15, 0.2) is 18.2 Å². The van der Waals surface area contributed by atoms with Gasteiger partial charge in [0.15, 0.2) is 0 Å². The van der Waals surface area contributed by atoms with E-state index in [9.17, 15) is 4.79 Å². The van der Waals surface area contributed by atoms with Gasteiger partial charge in [0.2, 0.25) is 5.91 Å². The standard InChI is InChI=1S/C14H20ClN3O2/c1-20-11-4-6-18(7-5-11)9-14(19)17-13-8-10(15)2-3-12(13)16/h2-3,8,11H,4-7,9,16H2,1H3,(H,17,19). The first kappa shape index (κ1) is 15.1. The normalized spacial score (nSPS) is 17.1. The lowest BCUT2D eigenvalue weighted by Gasteiger charge is -2.30. The summed E-state index contributed by atoms with van der Waals surface area (Å²) < 4.78 is 5.31. The van der Waals surface area contributed by atoms with Crippen molar-refractivity contribution in [2.24, 2.45) is 0 Å². The number of halogens is 1. The highest BCUT2D eigenvalue weighted by atomic mass is 35.5. The Morgan fingerprint density at radius 3 is 2.85 bits per heavy atom. The van der Waals surface area contributed by atoms with E-state index in [2.05, 4.69) is 10.2 Å². The van der Waals surface area contributed by atoms with Crippen LogP contribution in [0.25, 0.3) is 0 Å². The molecule has 0 atom stereocenters. The van der Waals surface area contributed by atoms with Crippen LogP contribution in [-0.4, -0.2) is 43.7 Å². The Balaban J connectivity index is 1.85. The molecule has 6 heteroatoms. The zero-order valence-corrected chi connectivity index (χ0v) is 12.3. The van der Waals surface area contributed by atoms with Crippen LogP contribution in [0.4, 0.5) is 11.4 Å².